The van der Waals surface area contributed by atoms with Crippen LogP contribution >= 0.6 is 0 Å². The van der Waals surface area contributed by atoms with Crippen molar-refractivity contribution in [3.8, 4) is 5.88 Å². The van der Waals surface area contributed by atoms with Crippen molar-refractivity contribution in [2.45, 2.75) is 19.1 Å². The van der Waals surface area contributed by atoms with Gasteiger partial charge in [0.2, 0.25) is 5.88 Å². The van der Waals surface area contributed by atoms with Crippen LogP contribution in [0.2, 0.25) is 0 Å². The van der Waals surface area contributed by atoms with Crippen LogP contribution in [-0.2, 0) is 0 Å². The summed E-state index contributed by atoms with van der Waals surface area (Å²) >= 11 is 0. The van der Waals surface area contributed by atoms with E-state index >= 15 is 0 Å². The lowest BCUT2D eigenvalue weighted by atomic mass is 10.2. The fourth-order valence-corrected chi connectivity index (χ4v) is 3.20. The van der Waals surface area contributed by atoms with E-state index in [-0.39, 0.29) is 23.4 Å². The summed E-state index contributed by atoms with van der Waals surface area (Å²) in [4.78, 5) is 25.0. The van der Waals surface area contributed by atoms with Gasteiger partial charge in [0.15, 0.2) is 6.61 Å². The average molecular weight is 423 g/mol. The van der Waals surface area contributed by atoms with Crippen LogP contribution in [0.3, 0.4) is 0 Å². The molecule has 0 saturated carbocycles. The summed E-state index contributed by atoms with van der Waals surface area (Å²) < 4.78 is 41.0. The molecule has 1 atom stereocenters. The first-order chi connectivity index (χ1) is 14.3. The number of alkyl halides is 3. The number of pyridine rings is 2. The van der Waals surface area contributed by atoms with Gasteiger partial charge in [-0.3, -0.25) is 9.69 Å². The Balaban J connectivity index is 1.42. The van der Waals surface area contributed by atoms with Gasteiger partial charge in [-0.1, -0.05) is 6.07 Å². The molecule has 1 aliphatic heterocycles. The average Bonchev–Trinajstić information content (AvgIpc) is 2.73. The number of ether oxygens (including phenoxy) is 1. The van der Waals surface area contributed by atoms with Crippen LogP contribution in [0.1, 0.15) is 17.3 Å². The number of nitrogens with one attached hydrogen (secondary N) is 1. The Labute approximate surface area is 172 Å². The molecular formula is C20H24F3N5O2. The number of halogens is 3. The number of aromatic nitrogens is 2. The standard InChI is InChI=1S/C20H24F3N5O2/c1-15(13-27-8-10-28(11-9-27)17-4-2-3-7-24-17)26-19(29)16-5-6-18(25-12-16)30-14-20(21,22)23/h2-7,12,15H,8-11,13-14H2,1H3,(H,26,29). The van der Waals surface area contributed by atoms with E-state index in [1.165, 1.54) is 18.3 Å². The van der Waals surface area contributed by atoms with E-state index in [0.29, 0.717) is 6.54 Å². The van der Waals surface area contributed by atoms with E-state index in [4.69, 9.17) is 0 Å². The van der Waals surface area contributed by atoms with E-state index in [1.54, 1.807) is 6.20 Å². The molecule has 7 nitrogen and oxygen atoms in total. The molecule has 1 unspecified atom stereocenters. The van der Waals surface area contributed by atoms with Gasteiger partial charge >= 0.3 is 6.18 Å². The number of nitrogens with zero attached hydrogens (tertiary/aromatic N) is 4. The summed E-state index contributed by atoms with van der Waals surface area (Å²) in [5.74, 6) is 0.459. The Morgan fingerprint density at radius 2 is 1.93 bits per heavy atom. The number of rotatable bonds is 7. The maximum atomic E-state index is 12.4. The largest absolute Gasteiger partial charge is 0.468 e. The summed E-state index contributed by atoms with van der Waals surface area (Å²) in [5, 5.41) is 2.89. The first-order valence-electron chi connectivity index (χ1n) is 9.65. The highest BCUT2D eigenvalue weighted by molar-refractivity contribution is 5.94. The number of hydrogen-bond acceptors (Lipinski definition) is 6. The molecule has 1 fully saturated rings. The topological polar surface area (TPSA) is 70.6 Å². The molecule has 10 heteroatoms. The van der Waals surface area contributed by atoms with Gasteiger partial charge < -0.3 is 15.0 Å². The number of piperazine rings is 1. The quantitative estimate of drug-likeness (QED) is 0.737. The molecule has 1 amide bonds. The normalized spacial score (nSPS) is 16.2. The lowest BCUT2D eigenvalue weighted by molar-refractivity contribution is -0.154. The lowest BCUT2D eigenvalue weighted by Gasteiger charge is -2.36. The molecule has 0 aromatic carbocycles. The van der Waals surface area contributed by atoms with Gasteiger partial charge in [-0.15, -0.1) is 0 Å². The van der Waals surface area contributed by atoms with Crippen molar-refractivity contribution in [2.75, 3.05) is 44.2 Å². The van der Waals surface area contributed by atoms with Crippen LogP contribution in [-0.4, -0.2) is 72.3 Å². The Morgan fingerprint density at radius 3 is 2.53 bits per heavy atom. The highest BCUT2D eigenvalue weighted by Gasteiger charge is 2.28. The molecular weight excluding hydrogens is 399 g/mol. The van der Waals surface area contributed by atoms with E-state index in [0.717, 1.165) is 32.0 Å². The summed E-state index contributed by atoms with van der Waals surface area (Å²) in [7, 11) is 0. The highest BCUT2D eigenvalue weighted by Crippen LogP contribution is 2.17. The number of hydrogen-bond donors (Lipinski definition) is 1. The molecule has 0 bridgehead atoms. The molecule has 0 radical (unpaired) electrons. The zero-order valence-electron chi connectivity index (χ0n) is 16.6. The third kappa shape index (κ3) is 6.58. The van der Waals surface area contributed by atoms with Gasteiger partial charge in [-0.05, 0) is 25.1 Å². The van der Waals surface area contributed by atoms with Crippen LogP contribution in [0.25, 0.3) is 0 Å². The maximum Gasteiger partial charge on any atom is 0.422 e. The van der Waals surface area contributed by atoms with Crippen molar-refractivity contribution in [3.05, 3.63) is 48.3 Å². The molecule has 162 valence electrons. The monoisotopic (exact) mass is 423 g/mol. The zero-order valence-corrected chi connectivity index (χ0v) is 16.6. The van der Waals surface area contributed by atoms with Crippen LogP contribution in [0, 0.1) is 0 Å². The fourth-order valence-electron chi connectivity index (χ4n) is 3.20. The molecule has 3 heterocycles. The third-order valence-electron chi connectivity index (χ3n) is 4.64. The number of anilines is 1. The minimum absolute atomic E-state index is 0.0972. The molecule has 1 saturated heterocycles. The number of amides is 1. The fraction of sp³-hybridized carbons (Fsp3) is 0.450. The minimum Gasteiger partial charge on any atom is -0.468 e. The second kappa shape index (κ2) is 9.75. The van der Waals surface area contributed by atoms with Crippen LogP contribution in [0.4, 0.5) is 19.0 Å². The Bertz CT molecular complexity index is 809. The van der Waals surface area contributed by atoms with Gasteiger partial charge in [-0.25, -0.2) is 9.97 Å². The zero-order chi connectivity index (χ0) is 21.6. The van der Waals surface area contributed by atoms with E-state index in [9.17, 15) is 18.0 Å². The molecule has 2 aromatic heterocycles. The van der Waals surface area contributed by atoms with Crippen LogP contribution in [0.15, 0.2) is 42.7 Å². The van der Waals surface area contributed by atoms with Gasteiger partial charge in [0.05, 0.1) is 5.56 Å². The highest BCUT2D eigenvalue weighted by atomic mass is 19.4. The predicted molar refractivity (Wildman–Crippen MR) is 106 cm³/mol. The molecule has 1 aliphatic rings. The molecule has 2 aromatic rings. The van der Waals surface area contributed by atoms with Crippen molar-refractivity contribution >= 4 is 11.7 Å². The molecule has 0 aliphatic carbocycles. The van der Waals surface area contributed by atoms with Crippen molar-refractivity contribution < 1.29 is 22.7 Å². The van der Waals surface area contributed by atoms with Crippen molar-refractivity contribution in [1.29, 1.82) is 0 Å². The van der Waals surface area contributed by atoms with Crippen LogP contribution < -0.4 is 15.0 Å². The van der Waals surface area contributed by atoms with E-state index in [2.05, 4.69) is 29.8 Å². The second-order valence-corrected chi connectivity index (χ2v) is 7.14. The SMILES string of the molecule is CC(CN1CCN(c2ccccn2)CC1)NC(=O)c1ccc(OCC(F)(F)F)nc1. The Hall–Kier alpha value is -2.88. The molecule has 3 rings (SSSR count). The van der Waals surface area contributed by atoms with E-state index < -0.39 is 12.8 Å². The lowest BCUT2D eigenvalue weighted by Crippen LogP contribution is -2.51. The first kappa shape index (κ1) is 21.8. The summed E-state index contributed by atoms with van der Waals surface area (Å²) in [6.45, 7) is 4.64. The van der Waals surface area contributed by atoms with E-state index in [1.807, 2.05) is 25.1 Å². The molecule has 1 N–H and O–H groups in total. The van der Waals surface area contributed by atoms with Crippen molar-refractivity contribution in [3.63, 3.8) is 0 Å². The Kier molecular flexibility index (Phi) is 7.09. The van der Waals surface area contributed by atoms with Gasteiger partial charge in [-0.2, -0.15) is 13.2 Å². The third-order valence-corrected chi connectivity index (χ3v) is 4.64. The number of carbonyl (C=O) groups excluding carboxylic acids is 1. The van der Waals surface area contributed by atoms with Gasteiger partial charge in [0.1, 0.15) is 5.82 Å². The summed E-state index contributed by atoms with van der Waals surface area (Å²) in [5.41, 5.74) is 0.265. The maximum absolute atomic E-state index is 12.4. The van der Waals surface area contributed by atoms with Crippen LogP contribution in [0.5, 0.6) is 5.88 Å². The predicted octanol–water partition coefficient (Wildman–Crippen LogP) is 2.36. The van der Waals surface area contributed by atoms with Gasteiger partial charge in [0, 0.05) is 57.2 Å². The molecule has 0 spiro atoms. The summed E-state index contributed by atoms with van der Waals surface area (Å²) in [6.07, 6.45) is -1.45. The summed E-state index contributed by atoms with van der Waals surface area (Å²) in [6, 6.07) is 8.40. The van der Waals surface area contributed by atoms with Crippen molar-refractivity contribution in [1.82, 2.24) is 20.2 Å². The first-order valence-corrected chi connectivity index (χ1v) is 9.65. The second-order valence-electron chi connectivity index (χ2n) is 7.14. The Morgan fingerprint density at radius 1 is 1.17 bits per heavy atom. The minimum atomic E-state index is -4.43. The number of carbonyl (C=O) groups is 1. The smallest absolute Gasteiger partial charge is 0.422 e. The van der Waals surface area contributed by atoms with Gasteiger partial charge in [0.25, 0.3) is 5.91 Å². The molecule has 30 heavy (non-hydrogen) atoms. The van der Waals surface area contributed by atoms with Crippen molar-refractivity contribution in [2.24, 2.45) is 0 Å².